The number of ether oxygens (including phenoxy) is 2. The van der Waals surface area contributed by atoms with Gasteiger partial charge in [0.15, 0.2) is 9.84 Å². The first-order chi connectivity index (χ1) is 15.2. The Balaban J connectivity index is 1.49. The Morgan fingerprint density at radius 1 is 1.09 bits per heavy atom. The number of piperazine rings is 1. The van der Waals surface area contributed by atoms with Crippen LogP contribution in [-0.4, -0.2) is 114 Å². The molecule has 0 radical (unpaired) electrons. The summed E-state index contributed by atoms with van der Waals surface area (Å²) in [5.74, 6) is 0.425. The number of rotatable bonds is 5. The fraction of sp³-hybridized carbons (Fsp3) is 0.650. The highest BCUT2D eigenvalue weighted by Gasteiger charge is 2.35. The number of sulfonamides is 1. The van der Waals surface area contributed by atoms with Gasteiger partial charge in [-0.3, -0.25) is 9.69 Å². The van der Waals surface area contributed by atoms with Crippen LogP contribution >= 0.6 is 0 Å². The fourth-order valence-electron chi connectivity index (χ4n) is 4.47. The van der Waals surface area contributed by atoms with E-state index < -0.39 is 19.9 Å². The van der Waals surface area contributed by atoms with Gasteiger partial charge in [0.1, 0.15) is 5.75 Å². The Labute approximate surface area is 189 Å². The van der Waals surface area contributed by atoms with Gasteiger partial charge in [0, 0.05) is 45.3 Å². The molecule has 1 atom stereocenters. The Bertz CT molecular complexity index is 1060. The summed E-state index contributed by atoms with van der Waals surface area (Å²) in [7, 11) is -5.26. The van der Waals surface area contributed by atoms with Gasteiger partial charge in [-0.25, -0.2) is 16.8 Å². The quantitative estimate of drug-likeness (QED) is 0.554. The average Bonchev–Trinajstić information content (AvgIpc) is 3.18. The highest BCUT2D eigenvalue weighted by molar-refractivity contribution is 7.91. The molecule has 4 rings (SSSR count). The molecule has 0 N–H and O–H groups in total. The Morgan fingerprint density at radius 2 is 1.78 bits per heavy atom. The normalized spacial score (nSPS) is 25.0. The van der Waals surface area contributed by atoms with Gasteiger partial charge in [0.05, 0.1) is 42.3 Å². The van der Waals surface area contributed by atoms with Crippen molar-refractivity contribution in [3.8, 4) is 5.75 Å². The molecule has 32 heavy (non-hydrogen) atoms. The number of nitrogens with zero attached hydrogens (tertiary/aromatic N) is 3. The van der Waals surface area contributed by atoms with Gasteiger partial charge < -0.3 is 14.4 Å². The van der Waals surface area contributed by atoms with Crippen molar-refractivity contribution in [1.29, 1.82) is 0 Å². The first kappa shape index (κ1) is 23.4. The van der Waals surface area contributed by atoms with Gasteiger partial charge in [-0.15, -0.1) is 0 Å². The van der Waals surface area contributed by atoms with Crippen molar-refractivity contribution in [2.75, 3.05) is 71.1 Å². The number of carbonyl (C=O) groups excluding carboxylic acids is 1. The summed E-state index contributed by atoms with van der Waals surface area (Å²) in [6.07, 6.45) is 0.631. The number of hydrogen-bond donors (Lipinski definition) is 0. The molecule has 10 nitrogen and oxygen atoms in total. The van der Waals surface area contributed by atoms with Gasteiger partial charge in [-0.2, -0.15) is 4.31 Å². The Morgan fingerprint density at radius 3 is 2.38 bits per heavy atom. The summed E-state index contributed by atoms with van der Waals surface area (Å²) >= 11 is 0. The minimum Gasteiger partial charge on any atom is -0.496 e. The van der Waals surface area contributed by atoms with Crippen LogP contribution in [0.5, 0.6) is 5.75 Å². The second-order valence-corrected chi connectivity index (χ2v) is 12.4. The zero-order chi connectivity index (χ0) is 22.9. The van der Waals surface area contributed by atoms with Gasteiger partial charge in [-0.1, -0.05) is 0 Å². The molecule has 3 aliphatic heterocycles. The maximum Gasteiger partial charge on any atom is 0.257 e. The van der Waals surface area contributed by atoms with Crippen LogP contribution in [0.25, 0.3) is 0 Å². The van der Waals surface area contributed by atoms with E-state index in [4.69, 9.17) is 9.47 Å². The zero-order valence-corrected chi connectivity index (χ0v) is 19.7. The minimum absolute atomic E-state index is 0.00813. The number of carbonyl (C=O) groups is 1. The largest absolute Gasteiger partial charge is 0.496 e. The number of benzene rings is 1. The molecule has 0 aliphatic carbocycles. The molecule has 0 aromatic heterocycles. The number of sulfone groups is 1. The van der Waals surface area contributed by atoms with Crippen LogP contribution < -0.4 is 4.74 Å². The second-order valence-electron chi connectivity index (χ2n) is 8.26. The highest BCUT2D eigenvalue weighted by atomic mass is 32.2. The predicted octanol–water partition coefficient (Wildman–Crippen LogP) is -0.339. The van der Waals surface area contributed by atoms with Crippen LogP contribution in [0.2, 0.25) is 0 Å². The van der Waals surface area contributed by atoms with Crippen molar-refractivity contribution in [3.63, 3.8) is 0 Å². The average molecular weight is 488 g/mol. The zero-order valence-electron chi connectivity index (χ0n) is 18.1. The van der Waals surface area contributed by atoms with E-state index in [9.17, 15) is 21.6 Å². The summed E-state index contributed by atoms with van der Waals surface area (Å²) < 4.78 is 61.6. The summed E-state index contributed by atoms with van der Waals surface area (Å²) in [5.41, 5.74) is 0.207. The lowest BCUT2D eigenvalue weighted by Gasteiger charge is -2.37. The minimum atomic E-state index is -3.74. The number of amides is 1. The first-order valence-electron chi connectivity index (χ1n) is 10.7. The van der Waals surface area contributed by atoms with Gasteiger partial charge in [0.25, 0.3) is 5.91 Å². The molecule has 0 saturated carbocycles. The van der Waals surface area contributed by atoms with Crippen LogP contribution in [0.3, 0.4) is 0 Å². The van der Waals surface area contributed by atoms with E-state index in [1.807, 2.05) is 0 Å². The molecule has 3 heterocycles. The van der Waals surface area contributed by atoms with E-state index in [0.717, 1.165) is 0 Å². The lowest BCUT2D eigenvalue weighted by atomic mass is 10.1. The van der Waals surface area contributed by atoms with Crippen molar-refractivity contribution in [2.45, 2.75) is 17.4 Å². The van der Waals surface area contributed by atoms with Crippen molar-refractivity contribution < 1.29 is 31.1 Å². The molecule has 3 fully saturated rings. The van der Waals surface area contributed by atoms with E-state index >= 15 is 0 Å². The molecule has 178 valence electrons. The highest BCUT2D eigenvalue weighted by Crippen LogP contribution is 2.27. The van der Waals surface area contributed by atoms with E-state index in [1.54, 1.807) is 4.90 Å². The molecule has 3 aliphatic rings. The monoisotopic (exact) mass is 487 g/mol. The first-order valence-corrected chi connectivity index (χ1v) is 14.0. The number of methoxy groups -OCH3 is 1. The molecule has 3 saturated heterocycles. The van der Waals surface area contributed by atoms with E-state index in [2.05, 4.69) is 4.90 Å². The predicted molar refractivity (Wildman–Crippen MR) is 117 cm³/mol. The summed E-state index contributed by atoms with van der Waals surface area (Å²) in [6, 6.07) is 4.37. The van der Waals surface area contributed by atoms with Crippen molar-refractivity contribution in [1.82, 2.24) is 14.1 Å². The lowest BCUT2D eigenvalue weighted by Crippen LogP contribution is -2.52. The molecular formula is C20H29N3O7S2. The maximum atomic E-state index is 13.3. The second kappa shape index (κ2) is 9.26. The molecule has 0 unspecified atom stereocenters. The van der Waals surface area contributed by atoms with Gasteiger partial charge in [-0.05, 0) is 24.6 Å². The van der Waals surface area contributed by atoms with Crippen LogP contribution in [0.1, 0.15) is 16.8 Å². The van der Waals surface area contributed by atoms with Crippen LogP contribution in [0, 0.1) is 0 Å². The fourth-order valence-corrected chi connectivity index (χ4v) is 7.67. The molecular weight excluding hydrogens is 458 g/mol. The molecule has 12 heteroatoms. The van der Waals surface area contributed by atoms with E-state index in [0.29, 0.717) is 51.6 Å². The van der Waals surface area contributed by atoms with E-state index in [-0.39, 0.29) is 47.0 Å². The maximum absolute atomic E-state index is 13.3. The smallest absolute Gasteiger partial charge is 0.257 e. The van der Waals surface area contributed by atoms with Crippen LogP contribution in [0.15, 0.2) is 23.1 Å². The summed E-state index contributed by atoms with van der Waals surface area (Å²) in [6.45, 7) is 3.28. The SMILES string of the molecule is COc1ccc(S(=O)(=O)N2CCOCC2)cc1C(=O)N1CCN([C@@H]2CCS(=O)(=O)C2)CC1. The third-order valence-electron chi connectivity index (χ3n) is 6.34. The lowest BCUT2D eigenvalue weighted by molar-refractivity contribution is 0.0584. The number of morpholine rings is 1. The standard InChI is InChI=1S/C20H29N3O7S2/c1-29-19-3-2-17(32(27,28)23-9-11-30-12-10-23)14-18(19)20(24)22-7-5-21(6-8-22)16-4-13-31(25,26)15-16/h2-3,14,16H,4-13,15H2,1H3/t16-/m1/s1. The van der Waals surface area contributed by atoms with Crippen molar-refractivity contribution in [2.24, 2.45) is 0 Å². The third-order valence-corrected chi connectivity index (χ3v) is 9.98. The summed E-state index contributed by atoms with van der Waals surface area (Å²) in [4.78, 5) is 17.1. The molecule has 1 aromatic carbocycles. The number of hydrogen-bond acceptors (Lipinski definition) is 8. The molecule has 1 aromatic rings. The third kappa shape index (κ3) is 4.79. The van der Waals surface area contributed by atoms with Gasteiger partial charge in [0.2, 0.25) is 10.0 Å². The van der Waals surface area contributed by atoms with Gasteiger partial charge >= 0.3 is 0 Å². The topological polar surface area (TPSA) is 114 Å². The Hall–Kier alpha value is -1.73. The van der Waals surface area contributed by atoms with Crippen molar-refractivity contribution >= 4 is 25.8 Å². The summed E-state index contributed by atoms with van der Waals surface area (Å²) in [5, 5.41) is 0. The Kier molecular flexibility index (Phi) is 6.78. The molecule has 0 bridgehead atoms. The van der Waals surface area contributed by atoms with E-state index in [1.165, 1.54) is 29.6 Å². The molecule has 0 spiro atoms. The van der Waals surface area contributed by atoms with Crippen LogP contribution in [-0.2, 0) is 24.6 Å². The van der Waals surface area contributed by atoms with Crippen molar-refractivity contribution in [3.05, 3.63) is 23.8 Å². The van der Waals surface area contributed by atoms with Crippen LogP contribution in [0.4, 0.5) is 0 Å². The molecule has 1 amide bonds.